The van der Waals surface area contributed by atoms with Crippen LogP contribution in [0.4, 0.5) is 16.2 Å². The Kier molecular flexibility index (Phi) is 10.3. The highest BCUT2D eigenvalue weighted by atomic mass is 35.5. The summed E-state index contributed by atoms with van der Waals surface area (Å²) in [7, 11) is 0. The molecule has 0 saturated heterocycles. The molecule has 11 heteroatoms. The van der Waals surface area contributed by atoms with E-state index in [-0.39, 0.29) is 17.5 Å². The summed E-state index contributed by atoms with van der Waals surface area (Å²) < 4.78 is 5.45. The number of phenolic OH excluding ortho intramolecular Hbond substituents is 1. The maximum atomic E-state index is 11.7. The molecule has 0 aliphatic heterocycles. The molecule has 0 fully saturated rings. The number of hydrogen-bond donors (Lipinski definition) is 3. The quantitative estimate of drug-likeness (QED) is 0.217. The average molecular weight is 605 g/mol. The van der Waals surface area contributed by atoms with E-state index in [1.165, 1.54) is 6.07 Å². The van der Waals surface area contributed by atoms with E-state index < -0.39 is 0 Å². The fourth-order valence-electron chi connectivity index (χ4n) is 2.65. The van der Waals surface area contributed by atoms with E-state index in [9.17, 15) is 9.90 Å². The smallest absolute Gasteiger partial charge is 0.323 e. The van der Waals surface area contributed by atoms with Crippen molar-refractivity contribution in [3.8, 4) is 17.2 Å². The van der Waals surface area contributed by atoms with Gasteiger partial charge in [-0.2, -0.15) is 0 Å². The Labute approximate surface area is 237 Å². The van der Waals surface area contributed by atoms with Gasteiger partial charge in [0.1, 0.15) is 5.75 Å². The van der Waals surface area contributed by atoms with Gasteiger partial charge in [-0.15, -0.1) is 0 Å². The SMILES string of the molecule is O=C(Nc1ccc(Cl)cc1)Nc1ccc(Cl)c(Cl)c1.Oc1cc(Cl)ccc1Oc1ccc(Cl)cc1Cl. The van der Waals surface area contributed by atoms with Crippen molar-refractivity contribution in [1.29, 1.82) is 0 Å². The van der Waals surface area contributed by atoms with Gasteiger partial charge < -0.3 is 20.5 Å². The van der Waals surface area contributed by atoms with Crippen LogP contribution >= 0.6 is 69.6 Å². The summed E-state index contributed by atoms with van der Waals surface area (Å²) >= 11 is 34.8. The summed E-state index contributed by atoms with van der Waals surface area (Å²) in [4.78, 5) is 11.7. The van der Waals surface area contributed by atoms with Gasteiger partial charge in [-0.1, -0.05) is 69.6 Å². The van der Waals surface area contributed by atoms with Crippen LogP contribution in [0.1, 0.15) is 0 Å². The Balaban J connectivity index is 0.000000202. The predicted octanol–water partition coefficient (Wildman–Crippen LogP) is 10.4. The van der Waals surface area contributed by atoms with Crippen LogP contribution in [0.3, 0.4) is 0 Å². The van der Waals surface area contributed by atoms with Gasteiger partial charge in [-0.3, -0.25) is 0 Å². The van der Waals surface area contributed by atoms with E-state index in [0.29, 0.717) is 47.3 Å². The molecule has 0 aliphatic rings. The lowest BCUT2D eigenvalue weighted by atomic mass is 10.3. The van der Waals surface area contributed by atoms with Crippen molar-refractivity contribution in [1.82, 2.24) is 0 Å². The van der Waals surface area contributed by atoms with Gasteiger partial charge in [0, 0.05) is 32.5 Å². The lowest BCUT2D eigenvalue weighted by Gasteiger charge is -2.09. The molecule has 4 aromatic carbocycles. The Morgan fingerprint density at radius 2 is 1.14 bits per heavy atom. The monoisotopic (exact) mass is 602 g/mol. The molecule has 4 rings (SSSR count). The molecule has 0 saturated carbocycles. The fourth-order valence-corrected chi connectivity index (χ4v) is 3.69. The van der Waals surface area contributed by atoms with E-state index in [0.717, 1.165) is 0 Å². The number of hydrogen-bond acceptors (Lipinski definition) is 3. The molecule has 2 amide bonds. The number of aromatic hydroxyl groups is 1. The zero-order chi connectivity index (χ0) is 26.2. The molecule has 0 aromatic heterocycles. The number of carbonyl (C=O) groups is 1. The van der Waals surface area contributed by atoms with Gasteiger partial charge >= 0.3 is 6.03 Å². The molecular formula is C25H16Cl6N2O3. The van der Waals surface area contributed by atoms with Gasteiger partial charge in [-0.05, 0) is 72.8 Å². The summed E-state index contributed by atoms with van der Waals surface area (Å²) in [6, 6.07) is 20.7. The number of carbonyl (C=O) groups excluding carboxylic acids is 1. The van der Waals surface area contributed by atoms with Gasteiger partial charge in [0.15, 0.2) is 11.5 Å². The van der Waals surface area contributed by atoms with Crippen LogP contribution in [0.15, 0.2) is 78.9 Å². The van der Waals surface area contributed by atoms with Crippen molar-refractivity contribution < 1.29 is 14.6 Å². The number of amides is 2. The van der Waals surface area contributed by atoms with Gasteiger partial charge in [-0.25, -0.2) is 4.79 Å². The first-order chi connectivity index (χ1) is 17.1. The predicted molar refractivity (Wildman–Crippen MR) is 150 cm³/mol. The zero-order valence-corrected chi connectivity index (χ0v) is 22.6. The van der Waals surface area contributed by atoms with Crippen molar-refractivity contribution in [2.24, 2.45) is 0 Å². The highest BCUT2D eigenvalue weighted by Crippen LogP contribution is 2.36. The highest BCUT2D eigenvalue weighted by Gasteiger charge is 2.08. The summed E-state index contributed by atoms with van der Waals surface area (Å²) in [5.74, 6) is 0.635. The second kappa shape index (κ2) is 13.2. The molecule has 36 heavy (non-hydrogen) atoms. The third kappa shape index (κ3) is 8.56. The van der Waals surface area contributed by atoms with Crippen LogP contribution in [0.2, 0.25) is 30.1 Å². The Bertz CT molecular complexity index is 1320. The third-order valence-corrected chi connectivity index (χ3v) is 6.07. The first kappa shape index (κ1) is 28.1. The summed E-state index contributed by atoms with van der Waals surface area (Å²) in [5, 5.41) is 17.7. The number of rotatable bonds is 4. The Hall–Kier alpha value is -2.51. The van der Waals surface area contributed by atoms with E-state index in [2.05, 4.69) is 10.6 Å². The van der Waals surface area contributed by atoms with Gasteiger partial charge in [0.2, 0.25) is 0 Å². The maximum absolute atomic E-state index is 11.7. The van der Waals surface area contributed by atoms with E-state index in [4.69, 9.17) is 74.3 Å². The van der Waals surface area contributed by atoms with Crippen LogP contribution in [0.5, 0.6) is 17.2 Å². The van der Waals surface area contributed by atoms with E-state index in [1.54, 1.807) is 72.8 Å². The summed E-state index contributed by atoms with van der Waals surface area (Å²) in [6.07, 6.45) is 0. The molecule has 5 nitrogen and oxygen atoms in total. The van der Waals surface area contributed by atoms with Crippen molar-refractivity contribution in [3.05, 3.63) is 109 Å². The van der Waals surface area contributed by atoms with E-state index >= 15 is 0 Å². The molecule has 3 N–H and O–H groups in total. The van der Waals surface area contributed by atoms with Crippen molar-refractivity contribution in [2.45, 2.75) is 0 Å². The number of benzene rings is 4. The molecule has 186 valence electrons. The lowest BCUT2D eigenvalue weighted by Crippen LogP contribution is -2.19. The Morgan fingerprint density at radius 3 is 1.75 bits per heavy atom. The summed E-state index contributed by atoms with van der Waals surface area (Å²) in [5.41, 5.74) is 1.20. The van der Waals surface area contributed by atoms with Crippen molar-refractivity contribution >= 4 is 87.0 Å². The summed E-state index contributed by atoms with van der Waals surface area (Å²) in [6.45, 7) is 0. The number of ether oxygens (including phenoxy) is 1. The van der Waals surface area contributed by atoms with Gasteiger partial charge in [0.25, 0.3) is 0 Å². The minimum Gasteiger partial charge on any atom is -0.504 e. The number of urea groups is 1. The lowest BCUT2D eigenvalue weighted by molar-refractivity contribution is 0.262. The Morgan fingerprint density at radius 1 is 0.583 bits per heavy atom. The first-order valence-corrected chi connectivity index (χ1v) is 12.3. The molecule has 0 atom stereocenters. The van der Waals surface area contributed by atoms with Crippen LogP contribution in [0.25, 0.3) is 0 Å². The average Bonchev–Trinajstić information content (AvgIpc) is 2.82. The van der Waals surface area contributed by atoms with Crippen molar-refractivity contribution in [3.63, 3.8) is 0 Å². The minimum atomic E-state index is -0.374. The molecule has 4 aromatic rings. The van der Waals surface area contributed by atoms with Crippen LogP contribution in [-0.2, 0) is 0 Å². The molecule has 0 radical (unpaired) electrons. The zero-order valence-electron chi connectivity index (χ0n) is 18.0. The van der Waals surface area contributed by atoms with Crippen molar-refractivity contribution in [2.75, 3.05) is 10.6 Å². The highest BCUT2D eigenvalue weighted by molar-refractivity contribution is 6.42. The number of phenols is 1. The normalized spacial score (nSPS) is 10.2. The molecule has 0 unspecified atom stereocenters. The second-order valence-electron chi connectivity index (χ2n) is 7.00. The number of nitrogens with one attached hydrogen (secondary N) is 2. The topological polar surface area (TPSA) is 70.6 Å². The van der Waals surface area contributed by atoms with Crippen LogP contribution in [0, 0.1) is 0 Å². The minimum absolute atomic E-state index is 0.0523. The fraction of sp³-hybridized carbons (Fsp3) is 0. The molecule has 0 bridgehead atoms. The molecule has 0 heterocycles. The molecule has 0 aliphatic carbocycles. The third-order valence-electron chi connectivity index (χ3n) is 4.31. The van der Waals surface area contributed by atoms with Crippen LogP contribution < -0.4 is 15.4 Å². The number of anilines is 2. The maximum Gasteiger partial charge on any atom is 0.323 e. The largest absolute Gasteiger partial charge is 0.504 e. The van der Waals surface area contributed by atoms with E-state index in [1.807, 2.05) is 0 Å². The second-order valence-corrected chi connectivity index (χ2v) is 9.53. The molecular weight excluding hydrogens is 589 g/mol. The standard InChI is InChI=1S/C13H9Cl3N2O.C12H7Cl3O2/c14-8-1-3-9(4-2-8)17-13(19)18-10-5-6-11(15)12(16)7-10;13-7-1-3-11(9(15)5-7)17-12-4-2-8(14)6-10(12)16/h1-7H,(H2,17,18,19);1-6,16H. The van der Waals surface area contributed by atoms with Crippen LogP contribution in [-0.4, -0.2) is 11.1 Å². The molecule has 0 spiro atoms. The number of halogens is 6. The first-order valence-electron chi connectivity index (χ1n) is 10.0. The van der Waals surface area contributed by atoms with Gasteiger partial charge in [0.05, 0.1) is 15.1 Å².